The zero-order valence-corrected chi connectivity index (χ0v) is 17.3. The van der Waals surface area contributed by atoms with Gasteiger partial charge < -0.3 is 11.5 Å². The van der Waals surface area contributed by atoms with Crippen LogP contribution in [0.5, 0.6) is 0 Å². The molecular formula is C24H36N2. The zero-order valence-electron chi connectivity index (χ0n) is 17.3. The Labute approximate surface area is 160 Å². The molecule has 2 aromatic rings. The van der Waals surface area contributed by atoms with Crippen molar-refractivity contribution in [1.82, 2.24) is 0 Å². The van der Waals surface area contributed by atoms with E-state index in [0.29, 0.717) is 0 Å². The SMILES string of the molecule is CC(C)(C)c1ccc([C@H](N)CC[C@@H](N)c2ccc(C(C)(C)C)cc2)cc1. The molecule has 2 nitrogen and oxygen atoms in total. The maximum atomic E-state index is 6.41. The first-order valence-electron chi connectivity index (χ1n) is 9.70. The molecule has 0 bridgehead atoms. The maximum Gasteiger partial charge on any atom is 0.0295 e. The van der Waals surface area contributed by atoms with Crippen LogP contribution in [0.25, 0.3) is 0 Å². The van der Waals surface area contributed by atoms with E-state index in [1.807, 2.05) is 0 Å². The fraction of sp³-hybridized carbons (Fsp3) is 0.500. The van der Waals surface area contributed by atoms with Gasteiger partial charge in [0.25, 0.3) is 0 Å². The van der Waals surface area contributed by atoms with Crippen molar-refractivity contribution in [3.05, 3.63) is 70.8 Å². The summed E-state index contributed by atoms with van der Waals surface area (Å²) in [6, 6.07) is 17.5. The van der Waals surface area contributed by atoms with Crippen LogP contribution in [0.2, 0.25) is 0 Å². The molecule has 26 heavy (non-hydrogen) atoms. The highest BCUT2D eigenvalue weighted by Gasteiger charge is 2.16. The molecule has 142 valence electrons. The lowest BCUT2D eigenvalue weighted by molar-refractivity contribution is 0.544. The molecular weight excluding hydrogens is 316 g/mol. The number of hydrogen-bond donors (Lipinski definition) is 2. The Morgan fingerprint density at radius 3 is 1.08 bits per heavy atom. The summed E-state index contributed by atoms with van der Waals surface area (Å²) < 4.78 is 0. The third kappa shape index (κ3) is 5.43. The Morgan fingerprint density at radius 2 is 0.846 bits per heavy atom. The smallest absolute Gasteiger partial charge is 0.0295 e. The Kier molecular flexibility index (Phi) is 6.31. The molecule has 2 rings (SSSR count). The van der Waals surface area contributed by atoms with Crippen LogP contribution < -0.4 is 11.5 Å². The highest BCUT2D eigenvalue weighted by molar-refractivity contribution is 5.30. The number of rotatable bonds is 5. The fourth-order valence-corrected chi connectivity index (χ4v) is 3.15. The molecule has 0 aliphatic carbocycles. The standard InChI is InChI=1S/C24H36N2/c1-23(2,3)19-11-7-17(8-12-19)21(25)15-16-22(26)18-9-13-20(14-10-18)24(4,5)6/h7-14,21-22H,15-16,25-26H2,1-6H3/t21-,22-/m1/s1. The van der Waals surface area contributed by atoms with E-state index in [4.69, 9.17) is 11.5 Å². The van der Waals surface area contributed by atoms with Crippen LogP contribution in [-0.2, 0) is 10.8 Å². The normalized spacial score (nSPS) is 14.9. The minimum atomic E-state index is 0.0314. The van der Waals surface area contributed by atoms with Crippen LogP contribution in [0.15, 0.2) is 48.5 Å². The van der Waals surface area contributed by atoms with Crippen LogP contribution in [0, 0.1) is 0 Å². The molecule has 0 saturated heterocycles. The summed E-state index contributed by atoms with van der Waals surface area (Å²) in [6.07, 6.45) is 1.77. The lowest BCUT2D eigenvalue weighted by Crippen LogP contribution is -2.17. The molecule has 0 heterocycles. The highest BCUT2D eigenvalue weighted by Crippen LogP contribution is 2.27. The van der Waals surface area contributed by atoms with Crippen LogP contribution >= 0.6 is 0 Å². The Bertz CT molecular complexity index is 621. The van der Waals surface area contributed by atoms with Gasteiger partial charge in [-0.2, -0.15) is 0 Å². The minimum Gasteiger partial charge on any atom is -0.324 e. The second kappa shape index (κ2) is 7.94. The largest absolute Gasteiger partial charge is 0.324 e. The average Bonchev–Trinajstić information content (AvgIpc) is 2.58. The summed E-state index contributed by atoms with van der Waals surface area (Å²) in [6.45, 7) is 13.4. The molecule has 0 aliphatic heterocycles. The summed E-state index contributed by atoms with van der Waals surface area (Å²) >= 11 is 0. The molecule has 4 N–H and O–H groups in total. The van der Waals surface area contributed by atoms with Crippen LogP contribution in [0.4, 0.5) is 0 Å². The van der Waals surface area contributed by atoms with Crippen molar-refractivity contribution in [3.8, 4) is 0 Å². The minimum absolute atomic E-state index is 0.0314. The molecule has 0 aliphatic rings. The van der Waals surface area contributed by atoms with Crippen LogP contribution in [-0.4, -0.2) is 0 Å². The monoisotopic (exact) mass is 352 g/mol. The zero-order chi connectivity index (χ0) is 19.5. The Morgan fingerprint density at radius 1 is 0.577 bits per heavy atom. The molecule has 2 aromatic carbocycles. The maximum absolute atomic E-state index is 6.41. The lowest BCUT2D eigenvalue weighted by Gasteiger charge is -2.22. The summed E-state index contributed by atoms with van der Waals surface area (Å²) in [5, 5.41) is 0. The van der Waals surface area contributed by atoms with E-state index in [9.17, 15) is 0 Å². The molecule has 2 heteroatoms. The van der Waals surface area contributed by atoms with Gasteiger partial charge >= 0.3 is 0 Å². The van der Waals surface area contributed by atoms with Crippen molar-refractivity contribution in [2.75, 3.05) is 0 Å². The quantitative estimate of drug-likeness (QED) is 0.718. The van der Waals surface area contributed by atoms with E-state index >= 15 is 0 Å². The number of hydrogen-bond acceptors (Lipinski definition) is 2. The summed E-state index contributed by atoms with van der Waals surface area (Å²) in [7, 11) is 0. The third-order valence-electron chi connectivity index (χ3n) is 5.20. The molecule has 0 amide bonds. The Hall–Kier alpha value is -1.64. The van der Waals surface area contributed by atoms with E-state index < -0.39 is 0 Å². The van der Waals surface area contributed by atoms with E-state index in [-0.39, 0.29) is 22.9 Å². The molecule has 0 spiro atoms. The van der Waals surface area contributed by atoms with Gasteiger partial charge in [-0.15, -0.1) is 0 Å². The molecule has 0 fully saturated rings. The van der Waals surface area contributed by atoms with Crippen molar-refractivity contribution in [2.45, 2.75) is 77.3 Å². The third-order valence-corrected chi connectivity index (χ3v) is 5.20. The van der Waals surface area contributed by atoms with Crippen molar-refractivity contribution in [2.24, 2.45) is 11.5 Å². The van der Waals surface area contributed by atoms with E-state index in [0.717, 1.165) is 12.8 Å². The highest BCUT2D eigenvalue weighted by atomic mass is 14.7. The van der Waals surface area contributed by atoms with Gasteiger partial charge in [0.05, 0.1) is 0 Å². The van der Waals surface area contributed by atoms with Gasteiger partial charge in [0.15, 0.2) is 0 Å². The topological polar surface area (TPSA) is 52.0 Å². The summed E-state index contributed by atoms with van der Waals surface area (Å²) in [5.74, 6) is 0. The van der Waals surface area contributed by atoms with Gasteiger partial charge in [-0.3, -0.25) is 0 Å². The summed E-state index contributed by atoms with van der Waals surface area (Å²) in [5.41, 5.74) is 18.2. The van der Waals surface area contributed by atoms with Crippen LogP contribution in [0.1, 0.15) is 88.7 Å². The van der Waals surface area contributed by atoms with E-state index in [1.165, 1.54) is 22.3 Å². The van der Waals surface area contributed by atoms with Gasteiger partial charge in [-0.25, -0.2) is 0 Å². The van der Waals surface area contributed by atoms with Gasteiger partial charge in [0.1, 0.15) is 0 Å². The average molecular weight is 353 g/mol. The van der Waals surface area contributed by atoms with Gasteiger partial charge in [0.2, 0.25) is 0 Å². The van der Waals surface area contributed by atoms with E-state index in [1.54, 1.807) is 0 Å². The second-order valence-corrected chi connectivity index (χ2v) is 9.53. The van der Waals surface area contributed by atoms with Gasteiger partial charge in [-0.05, 0) is 45.9 Å². The summed E-state index contributed by atoms with van der Waals surface area (Å²) in [4.78, 5) is 0. The molecule has 0 radical (unpaired) electrons. The fourth-order valence-electron chi connectivity index (χ4n) is 3.15. The van der Waals surface area contributed by atoms with E-state index in [2.05, 4.69) is 90.1 Å². The predicted molar refractivity (Wildman–Crippen MR) is 113 cm³/mol. The first-order valence-corrected chi connectivity index (χ1v) is 9.70. The van der Waals surface area contributed by atoms with Crippen molar-refractivity contribution in [3.63, 3.8) is 0 Å². The second-order valence-electron chi connectivity index (χ2n) is 9.53. The van der Waals surface area contributed by atoms with Crippen LogP contribution in [0.3, 0.4) is 0 Å². The number of nitrogens with two attached hydrogens (primary N) is 2. The van der Waals surface area contributed by atoms with Crippen molar-refractivity contribution in [1.29, 1.82) is 0 Å². The van der Waals surface area contributed by atoms with Gasteiger partial charge in [-0.1, -0.05) is 90.1 Å². The number of benzene rings is 2. The molecule has 0 unspecified atom stereocenters. The van der Waals surface area contributed by atoms with Gasteiger partial charge in [0, 0.05) is 12.1 Å². The van der Waals surface area contributed by atoms with Crippen molar-refractivity contribution < 1.29 is 0 Å². The van der Waals surface area contributed by atoms with Crippen molar-refractivity contribution >= 4 is 0 Å². The predicted octanol–water partition coefficient (Wildman–Crippen LogP) is 5.76. The molecule has 2 atom stereocenters. The molecule has 0 aromatic heterocycles. The first-order chi connectivity index (χ1) is 12.0. The Balaban J connectivity index is 1.95. The molecule has 0 saturated carbocycles. The lowest BCUT2D eigenvalue weighted by atomic mass is 9.85. The first kappa shape index (κ1) is 20.7.